The van der Waals surface area contributed by atoms with E-state index in [2.05, 4.69) is 43.5 Å². The molecule has 0 aliphatic carbocycles. The van der Waals surface area contributed by atoms with Crippen LogP contribution in [0.25, 0.3) is 0 Å². The van der Waals surface area contributed by atoms with Gasteiger partial charge >= 0.3 is 0 Å². The molecule has 3 nitrogen and oxygen atoms in total. The average molecular weight is 250 g/mol. The SMILES string of the molecule is CCOc1ccc(CNCCNC(C)(C)C)cc1. The van der Waals surface area contributed by atoms with Gasteiger partial charge in [0.2, 0.25) is 0 Å². The highest BCUT2D eigenvalue weighted by atomic mass is 16.5. The average Bonchev–Trinajstić information content (AvgIpc) is 2.30. The zero-order valence-electron chi connectivity index (χ0n) is 12.0. The summed E-state index contributed by atoms with van der Waals surface area (Å²) in [6, 6.07) is 8.26. The highest BCUT2D eigenvalue weighted by molar-refractivity contribution is 5.27. The van der Waals surface area contributed by atoms with Crippen LogP contribution in [-0.2, 0) is 6.54 Å². The van der Waals surface area contributed by atoms with Gasteiger partial charge in [-0.2, -0.15) is 0 Å². The fourth-order valence-electron chi connectivity index (χ4n) is 1.63. The van der Waals surface area contributed by atoms with Gasteiger partial charge in [-0.05, 0) is 45.4 Å². The third-order valence-corrected chi connectivity index (χ3v) is 2.52. The molecule has 0 saturated carbocycles. The molecule has 0 fully saturated rings. The molecule has 0 radical (unpaired) electrons. The van der Waals surface area contributed by atoms with E-state index in [0.717, 1.165) is 32.0 Å². The van der Waals surface area contributed by atoms with Crippen LogP contribution in [-0.4, -0.2) is 25.2 Å². The summed E-state index contributed by atoms with van der Waals surface area (Å²) >= 11 is 0. The molecule has 1 aromatic rings. The van der Waals surface area contributed by atoms with Gasteiger partial charge in [-0.1, -0.05) is 12.1 Å². The van der Waals surface area contributed by atoms with Gasteiger partial charge in [0, 0.05) is 25.2 Å². The van der Waals surface area contributed by atoms with Gasteiger partial charge in [-0.15, -0.1) is 0 Å². The summed E-state index contributed by atoms with van der Waals surface area (Å²) in [6.45, 7) is 12.1. The number of ether oxygens (including phenoxy) is 1. The Hall–Kier alpha value is -1.06. The number of hydrogen-bond acceptors (Lipinski definition) is 3. The van der Waals surface area contributed by atoms with Gasteiger partial charge < -0.3 is 15.4 Å². The van der Waals surface area contributed by atoms with Crippen molar-refractivity contribution in [3.63, 3.8) is 0 Å². The molecular formula is C15H26N2O. The van der Waals surface area contributed by atoms with Crippen molar-refractivity contribution in [2.45, 2.75) is 39.8 Å². The van der Waals surface area contributed by atoms with Gasteiger partial charge in [0.05, 0.1) is 6.61 Å². The molecule has 0 atom stereocenters. The maximum Gasteiger partial charge on any atom is 0.119 e. The summed E-state index contributed by atoms with van der Waals surface area (Å²) in [7, 11) is 0. The van der Waals surface area contributed by atoms with Crippen molar-refractivity contribution in [1.29, 1.82) is 0 Å². The van der Waals surface area contributed by atoms with Gasteiger partial charge in [0.1, 0.15) is 5.75 Å². The van der Waals surface area contributed by atoms with Crippen molar-refractivity contribution in [1.82, 2.24) is 10.6 Å². The lowest BCUT2D eigenvalue weighted by atomic mass is 10.1. The Morgan fingerprint density at radius 3 is 2.28 bits per heavy atom. The molecule has 0 unspecified atom stereocenters. The monoisotopic (exact) mass is 250 g/mol. The van der Waals surface area contributed by atoms with Crippen LogP contribution in [0.5, 0.6) is 5.75 Å². The zero-order valence-corrected chi connectivity index (χ0v) is 12.0. The molecule has 0 bridgehead atoms. The predicted octanol–water partition coefficient (Wildman–Crippen LogP) is 2.56. The molecule has 0 aliphatic rings. The van der Waals surface area contributed by atoms with E-state index in [0.29, 0.717) is 0 Å². The van der Waals surface area contributed by atoms with E-state index in [4.69, 9.17) is 4.74 Å². The molecule has 18 heavy (non-hydrogen) atoms. The maximum absolute atomic E-state index is 5.41. The lowest BCUT2D eigenvalue weighted by Crippen LogP contribution is -2.40. The molecule has 2 N–H and O–H groups in total. The smallest absolute Gasteiger partial charge is 0.119 e. The summed E-state index contributed by atoms with van der Waals surface area (Å²) < 4.78 is 5.41. The van der Waals surface area contributed by atoms with Gasteiger partial charge in [-0.25, -0.2) is 0 Å². The minimum atomic E-state index is 0.195. The van der Waals surface area contributed by atoms with E-state index in [1.165, 1.54) is 5.56 Å². The molecule has 0 amide bonds. The second-order valence-corrected chi connectivity index (χ2v) is 5.43. The van der Waals surface area contributed by atoms with Crippen LogP contribution in [0.15, 0.2) is 24.3 Å². The molecule has 0 saturated heterocycles. The fraction of sp³-hybridized carbons (Fsp3) is 0.600. The van der Waals surface area contributed by atoms with E-state index < -0.39 is 0 Å². The lowest BCUT2D eigenvalue weighted by Gasteiger charge is -2.20. The molecular weight excluding hydrogens is 224 g/mol. The van der Waals surface area contributed by atoms with Gasteiger partial charge in [0.15, 0.2) is 0 Å². The Kier molecular flexibility index (Phi) is 6.16. The van der Waals surface area contributed by atoms with E-state index in [1.807, 2.05) is 19.1 Å². The summed E-state index contributed by atoms with van der Waals surface area (Å²) in [5, 5.41) is 6.87. The second-order valence-electron chi connectivity index (χ2n) is 5.43. The third-order valence-electron chi connectivity index (χ3n) is 2.52. The summed E-state index contributed by atoms with van der Waals surface area (Å²) in [5.41, 5.74) is 1.48. The zero-order chi connectivity index (χ0) is 13.4. The van der Waals surface area contributed by atoms with Crippen molar-refractivity contribution in [2.75, 3.05) is 19.7 Å². The van der Waals surface area contributed by atoms with E-state index in [1.54, 1.807) is 0 Å². The minimum absolute atomic E-state index is 0.195. The number of benzene rings is 1. The van der Waals surface area contributed by atoms with Crippen LogP contribution in [0, 0.1) is 0 Å². The first-order chi connectivity index (χ1) is 8.51. The van der Waals surface area contributed by atoms with E-state index in [9.17, 15) is 0 Å². The van der Waals surface area contributed by atoms with E-state index >= 15 is 0 Å². The molecule has 102 valence electrons. The van der Waals surface area contributed by atoms with Crippen LogP contribution in [0.3, 0.4) is 0 Å². The van der Waals surface area contributed by atoms with Crippen molar-refractivity contribution < 1.29 is 4.74 Å². The maximum atomic E-state index is 5.41. The van der Waals surface area contributed by atoms with Crippen molar-refractivity contribution in [3.05, 3.63) is 29.8 Å². The summed E-state index contributed by atoms with van der Waals surface area (Å²) in [6.07, 6.45) is 0. The van der Waals surface area contributed by atoms with E-state index in [-0.39, 0.29) is 5.54 Å². The molecule has 0 spiro atoms. The molecule has 1 aromatic carbocycles. The highest BCUT2D eigenvalue weighted by Gasteiger charge is 2.06. The third kappa shape index (κ3) is 6.62. The van der Waals surface area contributed by atoms with Crippen LogP contribution < -0.4 is 15.4 Å². The second kappa shape index (κ2) is 7.39. The fourth-order valence-corrected chi connectivity index (χ4v) is 1.63. The van der Waals surface area contributed by atoms with Crippen LogP contribution >= 0.6 is 0 Å². The molecule has 0 aromatic heterocycles. The predicted molar refractivity (Wildman–Crippen MR) is 77.1 cm³/mol. The normalized spacial score (nSPS) is 11.6. The van der Waals surface area contributed by atoms with Crippen molar-refractivity contribution in [2.24, 2.45) is 0 Å². The Balaban J connectivity index is 2.19. The highest BCUT2D eigenvalue weighted by Crippen LogP contribution is 2.11. The van der Waals surface area contributed by atoms with Crippen LogP contribution in [0.4, 0.5) is 0 Å². The Bertz CT molecular complexity index is 327. The first-order valence-electron chi connectivity index (χ1n) is 6.69. The van der Waals surface area contributed by atoms with Crippen LogP contribution in [0.1, 0.15) is 33.3 Å². The largest absolute Gasteiger partial charge is 0.494 e. The number of hydrogen-bond donors (Lipinski definition) is 2. The summed E-state index contributed by atoms with van der Waals surface area (Å²) in [4.78, 5) is 0. The Labute approximate surface area is 111 Å². The van der Waals surface area contributed by atoms with Gasteiger partial charge in [0.25, 0.3) is 0 Å². The molecule has 0 aliphatic heterocycles. The first kappa shape index (κ1) is 15.0. The molecule has 1 rings (SSSR count). The van der Waals surface area contributed by atoms with Gasteiger partial charge in [-0.3, -0.25) is 0 Å². The van der Waals surface area contributed by atoms with Crippen molar-refractivity contribution in [3.8, 4) is 5.75 Å². The Morgan fingerprint density at radius 2 is 1.72 bits per heavy atom. The number of rotatable bonds is 7. The molecule has 3 heteroatoms. The standard InChI is InChI=1S/C15H26N2O/c1-5-18-14-8-6-13(7-9-14)12-16-10-11-17-15(2,3)4/h6-9,16-17H,5,10-12H2,1-4H3. The minimum Gasteiger partial charge on any atom is -0.494 e. The summed E-state index contributed by atoms with van der Waals surface area (Å²) in [5.74, 6) is 0.940. The first-order valence-corrected chi connectivity index (χ1v) is 6.69. The van der Waals surface area contributed by atoms with Crippen molar-refractivity contribution >= 4 is 0 Å². The number of nitrogens with one attached hydrogen (secondary N) is 2. The quantitative estimate of drug-likeness (QED) is 0.730. The molecule has 0 heterocycles. The Morgan fingerprint density at radius 1 is 1.06 bits per heavy atom. The van der Waals surface area contributed by atoms with Crippen LogP contribution in [0.2, 0.25) is 0 Å². The topological polar surface area (TPSA) is 33.3 Å². The lowest BCUT2D eigenvalue weighted by molar-refractivity contribution is 0.340.